The van der Waals surface area contributed by atoms with Crippen LogP contribution >= 0.6 is 0 Å². The highest BCUT2D eigenvalue weighted by atomic mass is 16.3. The highest BCUT2D eigenvalue weighted by Gasteiger charge is 2.37. The fraction of sp³-hybridized carbons (Fsp3) is 0.0556. The topological polar surface area (TPSA) is 56.7 Å². The van der Waals surface area contributed by atoms with Crippen molar-refractivity contribution in [3.63, 3.8) is 0 Å². The first kappa shape index (κ1) is 33.5. The van der Waals surface area contributed by atoms with Crippen LogP contribution in [-0.4, -0.2) is 19.5 Å². The Morgan fingerprint density at radius 1 is 0.424 bits per heavy atom. The van der Waals surface area contributed by atoms with Crippen molar-refractivity contribution in [1.82, 2.24) is 19.5 Å². The second kappa shape index (κ2) is 12.7. The van der Waals surface area contributed by atoms with E-state index >= 15 is 0 Å². The first-order valence-corrected chi connectivity index (χ1v) is 20.1. The molecule has 0 amide bonds. The lowest BCUT2D eigenvalue weighted by atomic mass is 9.82. The molecule has 0 aliphatic heterocycles. The maximum absolute atomic E-state index is 6.59. The number of benzene rings is 8. The fourth-order valence-corrected chi connectivity index (χ4v) is 9.48. The van der Waals surface area contributed by atoms with Gasteiger partial charge in [0.15, 0.2) is 17.5 Å². The summed E-state index contributed by atoms with van der Waals surface area (Å²) in [6.07, 6.45) is 0. The van der Waals surface area contributed by atoms with Gasteiger partial charge in [-0.3, -0.25) is 0 Å². The zero-order valence-corrected chi connectivity index (χ0v) is 32.5. The van der Waals surface area contributed by atoms with Crippen LogP contribution in [0.3, 0.4) is 0 Å². The van der Waals surface area contributed by atoms with E-state index in [1.165, 1.54) is 33.0 Å². The summed E-state index contributed by atoms with van der Waals surface area (Å²) in [5.41, 5.74) is 14.8. The van der Waals surface area contributed by atoms with Gasteiger partial charge in [0.2, 0.25) is 0 Å². The van der Waals surface area contributed by atoms with Crippen LogP contribution in [0.4, 0.5) is 0 Å². The molecule has 0 bridgehead atoms. The molecule has 0 spiro atoms. The molecule has 1 aliphatic rings. The lowest BCUT2D eigenvalue weighted by molar-refractivity contribution is 0.660. The van der Waals surface area contributed by atoms with Crippen LogP contribution < -0.4 is 0 Å². The molecule has 0 saturated carbocycles. The second-order valence-electron chi connectivity index (χ2n) is 16.0. The van der Waals surface area contributed by atoms with E-state index in [9.17, 15) is 0 Å². The van der Waals surface area contributed by atoms with Crippen molar-refractivity contribution < 1.29 is 4.42 Å². The van der Waals surface area contributed by atoms with Crippen LogP contribution in [0.2, 0.25) is 0 Å². The molecule has 0 fully saturated rings. The summed E-state index contributed by atoms with van der Waals surface area (Å²) in [6.45, 7) is 4.61. The summed E-state index contributed by atoms with van der Waals surface area (Å²) in [5, 5.41) is 4.52. The fourth-order valence-electron chi connectivity index (χ4n) is 9.48. The van der Waals surface area contributed by atoms with Crippen LogP contribution in [-0.2, 0) is 5.41 Å². The standard InChI is InChI=1S/C54H36N4O/c1-54(2)43-23-11-9-20-40(43)49-42(22-13-24-44(49)54)53-56-51(34-27-29-39-38-19-10-12-25-45(38)58(46(39)31-34)36-17-7-4-8-18-36)55-52(57-53)35-28-30-41-48(32-35)59-47-26-14-21-37(50(41)47)33-15-5-3-6-16-33/h3-32H,1-2H3. The molecule has 11 aromatic rings. The number of hydrogen-bond donors (Lipinski definition) is 0. The monoisotopic (exact) mass is 756 g/mol. The highest BCUT2D eigenvalue weighted by molar-refractivity contribution is 6.13. The van der Waals surface area contributed by atoms with Gasteiger partial charge in [0, 0.05) is 49.3 Å². The normalized spacial score (nSPS) is 13.1. The quantitative estimate of drug-likeness (QED) is 0.175. The average Bonchev–Trinajstić information content (AvgIpc) is 3.91. The summed E-state index contributed by atoms with van der Waals surface area (Å²) in [5.74, 6) is 1.83. The summed E-state index contributed by atoms with van der Waals surface area (Å²) in [7, 11) is 0. The van der Waals surface area contributed by atoms with Crippen LogP contribution in [0, 0.1) is 0 Å². The number of rotatable bonds is 5. The third-order valence-electron chi connectivity index (χ3n) is 12.3. The van der Waals surface area contributed by atoms with Gasteiger partial charge >= 0.3 is 0 Å². The first-order valence-electron chi connectivity index (χ1n) is 20.1. The largest absolute Gasteiger partial charge is 0.456 e. The van der Waals surface area contributed by atoms with E-state index in [4.69, 9.17) is 19.4 Å². The molecule has 1 aliphatic carbocycles. The van der Waals surface area contributed by atoms with Crippen molar-refractivity contribution in [3.8, 4) is 62.1 Å². The zero-order chi connectivity index (χ0) is 39.2. The number of furan rings is 1. The van der Waals surface area contributed by atoms with E-state index in [1.807, 2.05) is 12.1 Å². The van der Waals surface area contributed by atoms with E-state index in [0.717, 1.165) is 66.5 Å². The highest BCUT2D eigenvalue weighted by Crippen LogP contribution is 2.52. The van der Waals surface area contributed by atoms with Crippen molar-refractivity contribution in [1.29, 1.82) is 0 Å². The molecule has 8 aromatic carbocycles. The van der Waals surface area contributed by atoms with E-state index < -0.39 is 0 Å². The Morgan fingerprint density at radius 2 is 1.03 bits per heavy atom. The van der Waals surface area contributed by atoms with E-state index in [2.05, 4.69) is 188 Å². The minimum absolute atomic E-state index is 0.165. The molecule has 59 heavy (non-hydrogen) atoms. The Morgan fingerprint density at radius 3 is 1.86 bits per heavy atom. The Hall–Kier alpha value is -7.63. The van der Waals surface area contributed by atoms with Crippen molar-refractivity contribution in [2.75, 3.05) is 0 Å². The van der Waals surface area contributed by atoms with Gasteiger partial charge in [-0.15, -0.1) is 0 Å². The van der Waals surface area contributed by atoms with E-state index in [1.54, 1.807) is 0 Å². The predicted octanol–water partition coefficient (Wildman–Crippen LogP) is 13.8. The molecule has 3 heterocycles. The number of aromatic nitrogens is 4. The summed E-state index contributed by atoms with van der Waals surface area (Å²) in [4.78, 5) is 15.9. The molecule has 12 rings (SSSR count). The second-order valence-corrected chi connectivity index (χ2v) is 16.0. The Kier molecular flexibility index (Phi) is 7.20. The van der Waals surface area contributed by atoms with Crippen LogP contribution in [0.25, 0.3) is 106 Å². The molecule has 0 radical (unpaired) electrons. The Balaban J connectivity index is 1.10. The maximum atomic E-state index is 6.59. The Labute approximate surface area is 340 Å². The first-order chi connectivity index (χ1) is 29.0. The summed E-state index contributed by atoms with van der Waals surface area (Å²) in [6, 6.07) is 64.1. The van der Waals surface area contributed by atoms with Gasteiger partial charge in [-0.05, 0) is 75.8 Å². The van der Waals surface area contributed by atoms with Crippen LogP contribution in [0.15, 0.2) is 186 Å². The minimum Gasteiger partial charge on any atom is -0.456 e. The number of hydrogen-bond acceptors (Lipinski definition) is 4. The van der Waals surface area contributed by atoms with Crippen molar-refractivity contribution >= 4 is 43.7 Å². The van der Waals surface area contributed by atoms with Gasteiger partial charge in [-0.1, -0.05) is 153 Å². The number of fused-ring (bicyclic) bond motifs is 9. The molecular formula is C54H36N4O. The predicted molar refractivity (Wildman–Crippen MR) is 241 cm³/mol. The zero-order valence-electron chi connectivity index (χ0n) is 32.5. The van der Waals surface area contributed by atoms with Crippen molar-refractivity contribution in [2.45, 2.75) is 19.3 Å². The van der Waals surface area contributed by atoms with Crippen LogP contribution in [0.1, 0.15) is 25.0 Å². The molecule has 278 valence electrons. The maximum Gasteiger partial charge on any atom is 0.164 e. The van der Waals surface area contributed by atoms with Crippen molar-refractivity contribution in [2.24, 2.45) is 0 Å². The van der Waals surface area contributed by atoms with Gasteiger partial charge in [0.05, 0.1) is 11.0 Å². The SMILES string of the molecule is CC1(C)c2ccccc2-c2c(-c3nc(-c4ccc5c(c4)oc4cccc(-c6ccccc6)c45)nc(-c4ccc5c6ccccc6n(-c6ccccc6)c5c4)n3)cccc21. The lowest BCUT2D eigenvalue weighted by Crippen LogP contribution is -2.14. The third-order valence-corrected chi connectivity index (χ3v) is 12.3. The van der Waals surface area contributed by atoms with E-state index in [-0.39, 0.29) is 5.41 Å². The van der Waals surface area contributed by atoms with Crippen LogP contribution in [0.5, 0.6) is 0 Å². The molecule has 5 nitrogen and oxygen atoms in total. The summed E-state index contributed by atoms with van der Waals surface area (Å²) < 4.78 is 8.92. The van der Waals surface area contributed by atoms with Gasteiger partial charge in [0.1, 0.15) is 11.2 Å². The average molecular weight is 757 g/mol. The molecule has 0 saturated heterocycles. The van der Waals surface area contributed by atoms with Gasteiger partial charge in [-0.25, -0.2) is 15.0 Å². The number of nitrogens with zero attached hydrogens (tertiary/aromatic N) is 4. The molecule has 0 atom stereocenters. The number of para-hydroxylation sites is 2. The smallest absolute Gasteiger partial charge is 0.164 e. The molecular weight excluding hydrogens is 721 g/mol. The molecule has 0 N–H and O–H groups in total. The minimum atomic E-state index is -0.165. The molecule has 0 unspecified atom stereocenters. The van der Waals surface area contributed by atoms with Crippen molar-refractivity contribution in [3.05, 3.63) is 193 Å². The third kappa shape index (κ3) is 5.08. The summed E-state index contributed by atoms with van der Waals surface area (Å²) >= 11 is 0. The van der Waals surface area contributed by atoms with Gasteiger partial charge < -0.3 is 8.98 Å². The van der Waals surface area contributed by atoms with Gasteiger partial charge in [0.25, 0.3) is 0 Å². The van der Waals surface area contributed by atoms with Gasteiger partial charge in [-0.2, -0.15) is 0 Å². The lowest BCUT2D eigenvalue weighted by Gasteiger charge is -2.21. The molecule has 3 aromatic heterocycles. The molecule has 5 heteroatoms. The van der Waals surface area contributed by atoms with E-state index in [0.29, 0.717) is 17.5 Å². The Bertz CT molecular complexity index is 3470.